The Labute approximate surface area is 192 Å². The summed E-state index contributed by atoms with van der Waals surface area (Å²) in [6.45, 7) is 3.56. The molecule has 172 valence electrons. The van der Waals surface area contributed by atoms with Crippen molar-refractivity contribution in [1.29, 1.82) is 0 Å². The van der Waals surface area contributed by atoms with Crippen molar-refractivity contribution in [3.8, 4) is 5.75 Å². The topological polar surface area (TPSA) is 50.8 Å². The standard InChI is InChI=1S/C27H36N2O3/c1-31-24-13-11-22(12-14-24)25-10-6-3-7-17-29(25)20-26(30)28-21-27(15-18-32-19-16-27)23-8-4-2-5-9-23/h2,4-5,8-9,11-14,25H,3,6-7,10,15-21H2,1H3,(H,28,30). The van der Waals surface area contributed by atoms with Crippen molar-refractivity contribution in [2.45, 2.75) is 50.0 Å². The zero-order chi connectivity index (χ0) is 22.2. The predicted octanol–water partition coefficient (Wildman–Crippen LogP) is 4.48. The minimum atomic E-state index is -0.0384. The second kappa shape index (κ2) is 11.0. The van der Waals surface area contributed by atoms with Crippen molar-refractivity contribution in [1.82, 2.24) is 10.2 Å². The van der Waals surface area contributed by atoms with E-state index in [-0.39, 0.29) is 17.4 Å². The molecule has 0 aromatic heterocycles. The fourth-order valence-corrected chi connectivity index (χ4v) is 5.19. The Morgan fingerprint density at radius 2 is 1.81 bits per heavy atom. The van der Waals surface area contributed by atoms with Gasteiger partial charge in [-0.1, -0.05) is 55.3 Å². The van der Waals surface area contributed by atoms with Gasteiger partial charge in [0.1, 0.15) is 5.75 Å². The van der Waals surface area contributed by atoms with Crippen LogP contribution in [0.25, 0.3) is 0 Å². The van der Waals surface area contributed by atoms with E-state index in [2.05, 4.69) is 46.6 Å². The summed E-state index contributed by atoms with van der Waals surface area (Å²) in [4.78, 5) is 15.5. The Kier molecular flexibility index (Phi) is 7.82. The van der Waals surface area contributed by atoms with Crippen LogP contribution < -0.4 is 10.1 Å². The molecule has 2 aliphatic heterocycles. The highest BCUT2D eigenvalue weighted by Gasteiger charge is 2.35. The second-order valence-electron chi connectivity index (χ2n) is 9.14. The van der Waals surface area contributed by atoms with Crippen LogP contribution in [0.3, 0.4) is 0 Å². The Balaban J connectivity index is 1.42. The van der Waals surface area contributed by atoms with Gasteiger partial charge in [-0.15, -0.1) is 0 Å². The molecule has 4 rings (SSSR count). The lowest BCUT2D eigenvalue weighted by atomic mass is 9.74. The third-order valence-corrected chi connectivity index (χ3v) is 7.17. The van der Waals surface area contributed by atoms with E-state index in [0.717, 1.165) is 51.2 Å². The van der Waals surface area contributed by atoms with E-state index in [1.54, 1.807) is 7.11 Å². The van der Waals surface area contributed by atoms with Gasteiger partial charge in [0.05, 0.1) is 13.7 Å². The smallest absolute Gasteiger partial charge is 0.234 e. The zero-order valence-corrected chi connectivity index (χ0v) is 19.2. The lowest BCUT2D eigenvalue weighted by Crippen LogP contribution is -2.47. The molecule has 5 heteroatoms. The molecule has 2 aromatic carbocycles. The van der Waals surface area contributed by atoms with Gasteiger partial charge < -0.3 is 14.8 Å². The van der Waals surface area contributed by atoms with Crippen LogP contribution in [0, 0.1) is 0 Å². The summed E-state index contributed by atoms with van der Waals surface area (Å²) in [5.41, 5.74) is 2.53. The quantitative estimate of drug-likeness (QED) is 0.695. The predicted molar refractivity (Wildman–Crippen MR) is 127 cm³/mol. The number of hydrogen-bond acceptors (Lipinski definition) is 4. The average molecular weight is 437 g/mol. The fourth-order valence-electron chi connectivity index (χ4n) is 5.19. The molecule has 2 saturated heterocycles. The normalized spacial score (nSPS) is 21.5. The van der Waals surface area contributed by atoms with E-state index in [4.69, 9.17) is 9.47 Å². The maximum absolute atomic E-state index is 13.1. The molecule has 2 aliphatic rings. The number of rotatable bonds is 7. The number of nitrogens with zero attached hydrogens (tertiary/aromatic N) is 1. The third-order valence-electron chi connectivity index (χ3n) is 7.17. The number of amides is 1. The van der Waals surface area contributed by atoms with Crippen LogP contribution in [-0.2, 0) is 14.9 Å². The van der Waals surface area contributed by atoms with Gasteiger partial charge in [0.2, 0.25) is 5.91 Å². The van der Waals surface area contributed by atoms with Gasteiger partial charge in [-0.3, -0.25) is 9.69 Å². The molecule has 2 heterocycles. The summed E-state index contributed by atoms with van der Waals surface area (Å²) in [6, 6.07) is 19.2. The van der Waals surface area contributed by atoms with Gasteiger partial charge in [-0.05, 0) is 55.5 Å². The van der Waals surface area contributed by atoms with E-state index in [1.165, 1.54) is 24.0 Å². The summed E-state index contributed by atoms with van der Waals surface area (Å²) in [5.74, 6) is 0.988. The summed E-state index contributed by atoms with van der Waals surface area (Å²) in [5, 5.41) is 3.29. The van der Waals surface area contributed by atoms with E-state index < -0.39 is 0 Å². The number of benzene rings is 2. The van der Waals surface area contributed by atoms with Crippen LogP contribution in [0.5, 0.6) is 5.75 Å². The Morgan fingerprint density at radius 3 is 2.53 bits per heavy atom. The highest BCUT2D eigenvalue weighted by atomic mass is 16.5. The monoisotopic (exact) mass is 436 g/mol. The first-order valence-electron chi connectivity index (χ1n) is 12.0. The Bertz CT molecular complexity index is 847. The fraction of sp³-hybridized carbons (Fsp3) is 0.519. The van der Waals surface area contributed by atoms with Gasteiger partial charge >= 0.3 is 0 Å². The van der Waals surface area contributed by atoms with Gasteiger partial charge in [0.15, 0.2) is 0 Å². The lowest BCUT2D eigenvalue weighted by Gasteiger charge is -2.38. The van der Waals surface area contributed by atoms with Crippen molar-refractivity contribution < 1.29 is 14.3 Å². The van der Waals surface area contributed by atoms with E-state index in [0.29, 0.717) is 13.1 Å². The van der Waals surface area contributed by atoms with Crippen molar-refractivity contribution >= 4 is 5.91 Å². The number of carbonyl (C=O) groups excluding carboxylic acids is 1. The maximum atomic E-state index is 13.1. The summed E-state index contributed by atoms with van der Waals surface area (Å²) in [7, 11) is 1.69. The molecule has 0 aliphatic carbocycles. The number of ether oxygens (including phenoxy) is 2. The highest BCUT2D eigenvalue weighted by molar-refractivity contribution is 5.78. The molecule has 5 nitrogen and oxygen atoms in total. The number of hydrogen-bond donors (Lipinski definition) is 1. The molecule has 1 N–H and O–H groups in total. The molecule has 32 heavy (non-hydrogen) atoms. The number of nitrogens with one attached hydrogen (secondary N) is 1. The van der Waals surface area contributed by atoms with E-state index in [9.17, 15) is 4.79 Å². The van der Waals surface area contributed by atoms with Crippen LogP contribution in [0.4, 0.5) is 0 Å². The number of methoxy groups -OCH3 is 1. The van der Waals surface area contributed by atoms with Crippen molar-refractivity contribution in [3.63, 3.8) is 0 Å². The van der Waals surface area contributed by atoms with Gasteiger partial charge in [-0.2, -0.15) is 0 Å². The molecular weight excluding hydrogens is 400 g/mol. The van der Waals surface area contributed by atoms with Crippen LogP contribution in [0.15, 0.2) is 54.6 Å². The molecule has 0 bridgehead atoms. The lowest BCUT2D eigenvalue weighted by molar-refractivity contribution is -0.123. The number of carbonyl (C=O) groups is 1. The van der Waals surface area contributed by atoms with Gasteiger partial charge in [0, 0.05) is 31.2 Å². The minimum Gasteiger partial charge on any atom is -0.497 e. The van der Waals surface area contributed by atoms with Crippen molar-refractivity contribution in [2.75, 3.05) is 40.0 Å². The molecule has 1 atom stereocenters. The van der Waals surface area contributed by atoms with Crippen LogP contribution in [0.2, 0.25) is 0 Å². The average Bonchev–Trinajstić information content (AvgIpc) is 3.09. The Hall–Kier alpha value is -2.37. The Morgan fingerprint density at radius 1 is 1.06 bits per heavy atom. The molecular formula is C27H36N2O3. The summed E-state index contributed by atoms with van der Waals surface area (Å²) in [6.07, 6.45) is 6.54. The zero-order valence-electron chi connectivity index (χ0n) is 19.2. The second-order valence-corrected chi connectivity index (χ2v) is 9.14. The largest absolute Gasteiger partial charge is 0.497 e. The third kappa shape index (κ3) is 5.51. The van der Waals surface area contributed by atoms with Crippen molar-refractivity contribution in [2.24, 2.45) is 0 Å². The molecule has 1 amide bonds. The summed E-state index contributed by atoms with van der Waals surface area (Å²) < 4.78 is 11.0. The molecule has 1 unspecified atom stereocenters. The van der Waals surface area contributed by atoms with E-state index in [1.807, 2.05) is 18.2 Å². The van der Waals surface area contributed by atoms with Crippen LogP contribution in [-0.4, -0.2) is 50.8 Å². The maximum Gasteiger partial charge on any atom is 0.234 e. The minimum absolute atomic E-state index is 0.0384. The van der Waals surface area contributed by atoms with E-state index >= 15 is 0 Å². The molecule has 0 spiro atoms. The molecule has 0 radical (unpaired) electrons. The van der Waals surface area contributed by atoms with Crippen molar-refractivity contribution in [3.05, 3.63) is 65.7 Å². The van der Waals surface area contributed by atoms with Crippen LogP contribution in [0.1, 0.15) is 55.7 Å². The first kappa shape index (κ1) is 22.8. The molecule has 2 aromatic rings. The molecule has 2 fully saturated rings. The highest BCUT2D eigenvalue weighted by Crippen LogP contribution is 2.34. The van der Waals surface area contributed by atoms with Gasteiger partial charge in [0.25, 0.3) is 0 Å². The van der Waals surface area contributed by atoms with Crippen LogP contribution >= 0.6 is 0 Å². The SMILES string of the molecule is COc1ccc(C2CCCCCN2CC(=O)NCC2(c3ccccc3)CCOCC2)cc1. The first-order chi connectivity index (χ1) is 15.7. The number of likely N-dealkylation sites (tertiary alicyclic amines) is 1. The summed E-state index contributed by atoms with van der Waals surface area (Å²) >= 11 is 0. The first-order valence-corrected chi connectivity index (χ1v) is 12.0. The molecule has 0 saturated carbocycles. The van der Waals surface area contributed by atoms with Gasteiger partial charge in [-0.25, -0.2) is 0 Å².